The van der Waals surface area contributed by atoms with E-state index in [-0.39, 0.29) is 11.5 Å². The van der Waals surface area contributed by atoms with Crippen molar-refractivity contribution in [3.8, 4) is 0 Å². The summed E-state index contributed by atoms with van der Waals surface area (Å²) in [6.45, 7) is 0. The topological polar surface area (TPSA) is 70.7 Å². The molecule has 2 N–H and O–H groups in total. The number of aromatic nitrogens is 3. The van der Waals surface area contributed by atoms with E-state index in [0.717, 1.165) is 11.9 Å². The van der Waals surface area contributed by atoms with Gasteiger partial charge in [0.1, 0.15) is 6.20 Å². The molecule has 0 atom stereocenters. The summed E-state index contributed by atoms with van der Waals surface area (Å²) < 4.78 is 0. The highest BCUT2D eigenvalue weighted by Crippen LogP contribution is 2.16. The summed E-state index contributed by atoms with van der Waals surface area (Å²) >= 11 is 5.79. The van der Waals surface area contributed by atoms with Gasteiger partial charge in [0.25, 0.3) is 5.56 Å². The minimum Gasteiger partial charge on any atom is -0.324 e. The molecule has 0 unspecified atom stereocenters. The van der Waals surface area contributed by atoms with E-state index in [9.17, 15) is 4.79 Å². The molecule has 6 heteroatoms. The number of rotatable bonds is 2. The maximum absolute atomic E-state index is 10.9. The van der Waals surface area contributed by atoms with Crippen molar-refractivity contribution in [1.82, 2.24) is 15.2 Å². The monoisotopic (exact) mass is 222 g/mol. The predicted molar refractivity (Wildman–Crippen MR) is 57.4 cm³/mol. The smallest absolute Gasteiger partial charge is 0.271 e. The molecule has 0 aliphatic rings. The maximum atomic E-state index is 10.9. The minimum absolute atomic E-state index is 0.282. The van der Waals surface area contributed by atoms with Gasteiger partial charge in [0.2, 0.25) is 5.95 Å². The summed E-state index contributed by atoms with van der Waals surface area (Å²) in [6.07, 6.45) is 1.10. The van der Waals surface area contributed by atoms with Gasteiger partial charge >= 0.3 is 0 Å². The fraction of sp³-hybridized carbons (Fsp3) is 0. The van der Waals surface area contributed by atoms with E-state index in [1.54, 1.807) is 24.3 Å². The normalized spacial score (nSPS) is 9.93. The van der Waals surface area contributed by atoms with Crippen LogP contribution >= 0.6 is 11.6 Å². The number of nitrogens with one attached hydrogen (secondary N) is 2. The number of anilines is 2. The second-order valence-electron chi connectivity index (χ2n) is 2.82. The molecular weight excluding hydrogens is 216 g/mol. The molecule has 0 amide bonds. The van der Waals surface area contributed by atoms with Crippen LogP contribution in [0.1, 0.15) is 0 Å². The highest BCUT2D eigenvalue weighted by Gasteiger charge is 1.97. The summed E-state index contributed by atoms with van der Waals surface area (Å²) in [5, 5.41) is 10.7. The first-order valence-corrected chi connectivity index (χ1v) is 4.56. The van der Waals surface area contributed by atoms with E-state index < -0.39 is 0 Å². The van der Waals surface area contributed by atoms with Crippen LogP contribution in [0.15, 0.2) is 35.3 Å². The number of hydrogen-bond donors (Lipinski definition) is 2. The van der Waals surface area contributed by atoms with Gasteiger partial charge in [-0.05, 0) is 18.2 Å². The third-order valence-electron chi connectivity index (χ3n) is 1.66. The lowest BCUT2D eigenvalue weighted by Crippen LogP contribution is -2.10. The summed E-state index contributed by atoms with van der Waals surface area (Å²) in [5.41, 5.74) is 0.424. The second-order valence-corrected chi connectivity index (χ2v) is 3.25. The van der Waals surface area contributed by atoms with Crippen LogP contribution in [-0.2, 0) is 0 Å². The molecule has 0 spiro atoms. The summed E-state index contributed by atoms with van der Waals surface area (Å²) in [4.78, 5) is 13.4. The van der Waals surface area contributed by atoms with Crippen LogP contribution in [0.3, 0.4) is 0 Å². The molecular formula is C9H7ClN4O. The third kappa shape index (κ3) is 2.54. The third-order valence-corrected chi connectivity index (χ3v) is 1.90. The van der Waals surface area contributed by atoms with Crippen LogP contribution in [0.2, 0.25) is 5.02 Å². The Morgan fingerprint density at radius 1 is 1.40 bits per heavy atom. The minimum atomic E-state index is -0.311. The second kappa shape index (κ2) is 4.10. The standard InChI is InChI=1S/C9H7ClN4O/c10-6-2-1-3-7(4-6)12-9-13-8(15)5-11-14-9/h1-5H,(H2,12,13,14,15). The Labute approximate surface area is 90.1 Å². The molecule has 0 aliphatic heterocycles. The number of nitrogens with zero attached hydrogens (tertiary/aromatic N) is 2. The van der Waals surface area contributed by atoms with E-state index in [2.05, 4.69) is 20.5 Å². The molecule has 76 valence electrons. The number of H-pyrrole nitrogens is 1. The van der Waals surface area contributed by atoms with Crippen LogP contribution in [-0.4, -0.2) is 15.2 Å². The Morgan fingerprint density at radius 3 is 3.00 bits per heavy atom. The zero-order chi connectivity index (χ0) is 10.7. The fourth-order valence-electron chi connectivity index (χ4n) is 1.07. The predicted octanol–water partition coefficient (Wildman–Crippen LogP) is 1.56. The summed E-state index contributed by atoms with van der Waals surface area (Å²) in [7, 11) is 0. The number of halogens is 1. The van der Waals surface area contributed by atoms with E-state index in [4.69, 9.17) is 11.6 Å². The van der Waals surface area contributed by atoms with Crippen molar-refractivity contribution >= 4 is 23.2 Å². The lowest BCUT2D eigenvalue weighted by Gasteiger charge is -2.03. The van der Waals surface area contributed by atoms with Gasteiger partial charge in [-0.2, -0.15) is 0 Å². The van der Waals surface area contributed by atoms with Crippen molar-refractivity contribution in [2.45, 2.75) is 0 Å². The zero-order valence-corrected chi connectivity index (χ0v) is 8.32. The first kappa shape index (κ1) is 9.67. The van der Waals surface area contributed by atoms with Crippen LogP contribution < -0.4 is 10.9 Å². The van der Waals surface area contributed by atoms with Crippen molar-refractivity contribution in [2.75, 3.05) is 5.32 Å². The quantitative estimate of drug-likeness (QED) is 0.809. The number of aromatic amines is 1. The molecule has 1 heterocycles. The van der Waals surface area contributed by atoms with Gasteiger partial charge in [-0.1, -0.05) is 17.7 Å². The number of benzene rings is 1. The molecule has 0 saturated carbocycles. The maximum Gasteiger partial charge on any atom is 0.271 e. The number of hydrogen-bond acceptors (Lipinski definition) is 4. The van der Waals surface area contributed by atoms with Gasteiger partial charge in [0.05, 0.1) is 0 Å². The van der Waals surface area contributed by atoms with Gasteiger partial charge in [-0.3, -0.25) is 9.78 Å². The molecule has 0 radical (unpaired) electrons. The zero-order valence-electron chi connectivity index (χ0n) is 7.57. The average molecular weight is 223 g/mol. The van der Waals surface area contributed by atoms with Crippen molar-refractivity contribution in [2.24, 2.45) is 0 Å². The first-order chi connectivity index (χ1) is 7.24. The van der Waals surface area contributed by atoms with Crippen molar-refractivity contribution in [3.63, 3.8) is 0 Å². The highest BCUT2D eigenvalue weighted by atomic mass is 35.5. The van der Waals surface area contributed by atoms with Gasteiger partial charge in [0, 0.05) is 10.7 Å². The van der Waals surface area contributed by atoms with Gasteiger partial charge in [-0.25, -0.2) is 0 Å². The SMILES string of the molecule is O=c1cnnc(Nc2cccc(Cl)c2)[nH]1. The summed E-state index contributed by atoms with van der Waals surface area (Å²) in [5.74, 6) is 0.282. The van der Waals surface area contributed by atoms with Crippen LogP contribution in [0.25, 0.3) is 0 Å². The molecule has 1 aromatic heterocycles. The van der Waals surface area contributed by atoms with Crippen LogP contribution in [0.4, 0.5) is 11.6 Å². The molecule has 2 rings (SSSR count). The van der Waals surface area contributed by atoms with Crippen LogP contribution in [0, 0.1) is 0 Å². The Kier molecular flexibility index (Phi) is 2.64. The molecule has 0 saturated heterocycles. The van der Waals surface area contributed by atoms with Crippen molar-refractivity contribution in [1.29, 1.82) is 0 Å². The highest BCUT2D eigenvalue weighted by molar-refractivity contribution is 6.30. The largest absolute Gasteiger partial charge is 0.324 e. The van der Waals surface area contributed by atoms with E-state index in [1.807, 2.05) is 0 Å². The Bertz CT molecular complexity index is 525. The first-order valence-electron chi connectivity index (χ1n) is 4.18. The Balaban J connectivity index is 2.26. The van der Waals surface area contributed by atoms with E-state index in [0.29, 0.717) is 5.02 Å². The lowest BCUT2D eigenvalue weighted by molar-refractivity contribution is 0.954. The van der Waals surface area contributed by atoms with Gasteiger partial charge < -0.3 is 5.32 Å². The van der Waals surface area contributed by atoms with Crippen LogP contribution in [0.5, 0.6) is 0 Å². The fourth-order valence-corrected chi connectivity index (χ4v) is 1.26. The lowest BCUT2D eigenvalue weighted by atomic mass is 10.3. The molecule has 0 fully saturated rings. The Hall–Kier alpha value is -1.88. The molecule has 1 aromatic carbocycles. The molecule has 0 bridgehead atoms. The van der Waals surface area contributed by atoms with Gasteiger partial charge in [-0.15, -0.1) is 10.2 Å². The van der Waals surface area contributed by atoms with Crippen molar-refractivity contribution < 1.29 is 0 Å². The average Bonchev–Trinajstić information content (AvgIpc) is 2.17. The summed E-state index contributed by atoms with van der Waals surface area (Å²) in [6, 6.07) is 7.07. The molecule has 15 heavy (non-hydrogen) atoms. The van der Waals surface area contributed by atoms with Gasteiger partial charge in [0.15, 0.2) is 0 Å². The molecule has 2 aromatic rings. The van der Waals surface area contributed by atoms with E-state index >= 15 is 0 Å². The molecule has 0 aliphatic carbocycles. The Morgan fingerprint density at radius 2 is 2.27 bits per heavy atom. The van der Waals surface area contributed by atoms with Crippen molar-refractivity contribution in [3.05, 3.63) is 45.8 Å². The molecule has 5 nitrogen and oxygen atoms in total. The van der Waals surface area contributed by atoms with E-state index in [1.165, 1.54) is 0 Å².